The predicted molar refractivity (Wildman–Crippen MR) is 41.3 cm³/mol. The summed E-state index contributed by atoms with van der Waals surface area (Å²) >= 11 is 0. The molecule has 3 unspecified atom stereocenters. The smallest absolute Gasteiger partial charge is 0.0680 e. The number of hydrogen-bond acceptors (Lipinski definition) is 1. The van der Waals surface area contributed by atoms with Gasteiger partial charge < -0.3 is 5.11 Å². The van der Waals surface area contributed by atoms with Crippen molar-refractivity contribution in [3.8, 4) is 11.8 Å². The summed E-state index contributed by atoms with van der Waals surface area (Å²) in [4.78, 5) is 0. The highest BCUT2D eigenvalue weighted by atomic mass is 16.3. The molecule has 0 aromatic carbocycles. The van der Waals surface area contributed by atoms with E-state index in [1.165, 1.54) is 6.42 Å². The van der Waals surface area contributed by atoms with Gasteiger partial charge in [0.15, 0.2) is 0 Å². The third-order valence-electron chi connectivity index (χ3n) is 2.15. The monoisotopic (exact) mass is 138 g/mol. The molecule has 1 fully saturated rings. The van der Waals surface area contributed by atoms with E-state index in [1.807, 2.05) is 6.92 Å². The van der Waals surface area contributed by atoms with Crippen molar-refractivity contribution < 1.29 is 5.11 Å². The van der Waals surface area contributed by atoms with Crippen molar-refractivity contribution in [3.63, 3.8) is 0 Å². The molecule has 0 amide bonds. The first-order chi connectivity index (χ1) is 4.75. The lowest BCUT2D eigenvalue weighted by Gasteiger charge is -2.02. The van der Waals surface area contributed by atoms with E-state index in [-0.39, 0.29) is 6.10 Å². The Balaban J connectivity index is 2.20. The summed E-state index contributed by atoms with van der Waals surface area (Å²) in [6, 6.07) is 0. The largest absolute Gasteiger partial charge is 0.392 e. The van der Waals surface area contributed by atoms with Crippen LogP contribution >= 0.6 is 0 Å². The van der Waals surface area contributed by atoms with Gasteiger partial charge in [-0.05, 0) is 25.2 Å². The zero-order chi connectivity index (χ0) is 7.56. The summed E-state index contributed by atoms with van der Waals surface area (Å²) in [5, 5.41) is 9.39. The zero-order valence-electron chi connectivity index (χ0n) is 6.59. The molecule has 1 aliphatic rings. The van der Waals surface area contributed by atoms with Crippen LogP contribution in [-0.2, 0) is 0 Å². The Morgan fingerprint density at radius 2 is 2.30 bits per heavy atom. The molecular formula is C9H14O. The molecule has 0 radical (unpaired) electrons. The quantitative estimate of drug-likeness (QED) is 0.572. The highest BCUT2D eigenvalue weighted by molar-refractivity contribution is 5.00. The molecular weight excluding hydrogens is 124 g/mol. The highest BCUT2D eigenvalue weighted by Gasteiger charge is 2.37. The third-order valence-corrected chi connectivity index (χ3v) is 2.15. The van der Waals surface area contributed by atoms with E-state index in [0.717, 1.165) is 5.92 Å². The topological polar surface area (TPSA) is 20.2 Å². The minimum atomic E-state index is -0.164. The second-order valence-electron chi connectivity index (χ2n) is 3.08. The maximum atomic E-state index is 9.39. The minimum Gasteiger partial charge on any atom is -0.392 e. The van der Waals surface area contributed by atoms with E-state index in [9.17, 15) is 5.11 Å². The lowest BCUT2D eigenvalue weighted by Crippen LogP contribution is -2.08. The van der Waals surface area contributed by atoms with E-state index in [0.29, 0.717) is 12.3 Å². The van der Waals surface area contributed by atoms with Gasteiger partial charge in [-0.3, -0.25) is 0 Å². The van der Waals surface area contributed by atoms with Crippen molar-refractivity contribution in [3.05, 3.63) is 0 Å². The standard InChI is InChI=1S/C9H14O/c1-3-4-5-9(10)8-6-7(8)2/h7-10H,5-6H2,1-2H3. The number of rotatable bonds is 2. The van der Waals surface area contributed by atoms with Crippen molar-refractivity contribution in [2.45, 2.75) is 32.8 Å². The Morgan fingerprint density at radius 3 is 2.70 bits per heavy atom. The van der Waals surface area contributed by atoms with Crippen LogP contribution < -0.4 is 0 Å². The third kappa shape index (κ3) is 1.75. The average molecular weight is 138 g/mol. The average Bonchev–Trinajstić information content (AvgIpc) is 2.62. The van der Waals surface area contributed by atoms with Crippen molar-refractivity contribution in [1.82, 2.24) is 0 Å². The molecule has 56 valence electrons. The molecule has 0 aliphatic heterocycles. The number of hydrogen-bond donors (Lipinski definition) is 1. The van der Waals surface area contributed by atoms with Gasteiger partial charge in [-0.2, -0.15) is 0 Å². The van der Waals surface area contributed by atoms with E-state index in [4.69, 9.17) is 0 Å². The fourth-order valence-electron chi connectivity index (χ4n) is 1.25. The summed E-state index contributed by atoms with van der Waals surface area (Å²) < 4.78 is 0. The van der Waals surface area contributed by atoms with E-state index in [1.54, 1.807) is 0 Å². The minimum absolute atomic E-state index is 0.164. The van der Waals surface area contributed by atoms with Gasteiger partial charge in [0.25, 0.3) is 0 Å². The van der Waals surface area contributed by atoms with Crippen LogP contribution in [-0.4, -0.2) is 11.2 Å². The van der Waals surface area contributed by atoms with E-state index >= 15 is 0 Å². The Bertz CT molecular complexity index is 163. The number of aliphatic hydroxyl groups is 1. The lowest BCUT2D eigenvalue weighted by atomic mass is 10.1. The molecule has 0 aromatic heterocycles. The maximum absolute atomic E-state index is 9.39. The van der Waals surface area contributed by atoms with Crippen LogP contribution in [0.4, 0.5) is 0 Å². The van der Waals surface area contributed by atoms with Crippen LogP contribution in [0.2, 0.25) is 0 Å². The van der Waals surface area contributed by atoms with Crippen molar-refractivity contribution in [2.24, 2.45) is 11.8 Å². The van der Waals surface area contributed by atoms with Gasteiger partial charge in [-0.15, -0.1) is 11.8 Å². The summed E-state index contributed by atoms with van der Waals surface area (Å²) in [5.74, 6) is 6.95. The summed E-state index contributed by atoms with van der Waals surface area (Å²) in [5.41, 5.74) is 0. The van der Waals surface area contributed by atoms with Gasteiger partial charge in [0.05, 0.1) is 6.10 Å². The van der Waals surface area contributed by atoms with Gasteiger partial charge >= 0.3 is 0 Å². The molecule has 1 rings (SSSR count). The Hall–Kier alpha value is -0.480. The van der Waals surface area contributed by atoms with Crippen molar-refractivity contribution in [1.29, 1.82) is 0 Å². The van der Waals surface area contributed by atoms with Crippen LogP contribution in [0.25, 0.3) is 0 Å². The van der Waals surface area contributed by atoms with Gasteiger partial charge in [-0.25, -0.2) is 0 Å². The second kappa shape index (κ2) is 3.07. The fourth-order valence-corrected chi connectivity index (χ4v) is 1.25. The lowest BCUT2D eigenvalue weighted by molar-refractivity contribution is 0.151. The Labute approximate surface area is 62.4 Å². The molecule has 1 aliphatic carbocycles. The van der Waals surface area contributed by atoms with Gasteiger partial charge in [0.1, 0.15) is 0 Å². The molecule has 3 atom stereocenters. The van der Waals surface area contributed by atoms with Gasteiger partial charge in [0.2, 0.25) is 0 Å². The van der Waals surface area contributed by atoms with Crippen molar-refractivity contribution >= 4 is 0 Å². The Morgan fingerprint density at radius 1 is 1.70 bits per heavy atom. The van der Waals surface area contributed by atoms with Gasteiger partial charge in [-0.1, -0.05) is 6.92 Å². The second-order valence-corrected chi connectivity index (χ2v) is 3.08. The molecule has 1 saturated carbocycles. The molecule has 0 spiro atoms. The fraction of sp³-hybridized carbons (Fsp3) is 0.778. The van der Waals surface area contributed by atoms with Crippen molar-refractivity contribution in [2.75, 3.05) is 0 Å². The highest BCUT2D eigenvalue weighted by Crippen LogP contribution is 2.41. The zero-order valence-corrected chi connectivity index (χ0v) is 6.59. The predicted octanol–water partition coefficient (Wildman–Crippen LogP) is 1.42. The molecule has 10 heavy (non-hydrogen) atoms. The van der Waals surface area contributed by atoms with E-state index in [2.05, 4.69) is 18.8 Å². The maximum Gasteiger partial charge on any atom is 0.0680 e. The van der Waals surface area contributed by atoms with E-state index < -0.39 is 0 Å². The summed E-state index contributed by atoms with van der Waals surface area (Å²) in [7, 11) is 0. The molecule has 0 aromatic rings. The first-order valence-electron chi connectivity index (χ1n) is 3.83. The SMILES string of the molecule is CC#CCC(O)C1CC1C. The first kappa shape index (κ1) is 7.63. The number of aliphatic hydroxyl groups excluding tert-OH is 1. The molecule has 1 N–H and O–H groups in total. The van der Waals surface area contributed by atoms with Crippen LogP contribution in [0.1, 0.15) is 26.7 Å². The first-order valence-corrected chi connectivity index (χ1v) is 3.83. The van der Waals surface area contributed by atoms with Crippen LogP contribution in [0.3, 0.4) is 0 Å². The molecule has 1 heteroatoms. The van der Waals surface area contributed by atoms with Crippen LogP contribution in [0.5, 0.6) is 0 Å². The molecule has 1 nitrogen and oxygen atoms in total. The van der Waals surface area contributed by atoms with Crippen LogP contribution in [0, 0.1) is 23.7 Å². The summed E-state index contributed by atoms with van der Waals surface area (Å²) in [6.45, 7) is 3.98. The Kier molecular flexibility index (Phi) is 2.34. The molecule has 0 bridgehead atoms. The van der Waals surface area contributed by atoms with Crippen LogP contribution in [0.15, 0.2) is 0 Å². The summed E-state index contributed by atoms with van der Waals surface area (Å²) in [6.07, 6.45) is 1.68. The normalized spacial score (nSPS) is 32.3. The molecule has 0 saturated heterocycles. The molecule has 0 heterocycles. The van der Waals surface area contributed by atoms with Gasteiger partial charge in [0, 0.05) is 6.42 Å².